The van der Waals surface area contributed by atoms with Crippen molar-refractivity contribution < 1.29 is 8.78 Å². The average Bonchev–Trinajstić information content (AvgIpc) is 2.72. The standard InChI is InChI=1S/C25H32F2/c1-2-3-4-5-6-19-7-9-20(10-8-19)21-11-13-22(14-12-21)23-15-17-24(18-16-23)25(26)27/h11-20,25H,2-10H2,1H3. The summed E-state index contributed by atoms with van der Waals surface area (Å²) in [5.74, 6) is 1.62. The zero-order chi connectivity index (χ0) is 19.1. The molecule has 2 aromatic rings. The van der Waals surface area contributed by atoms with Crippen LogP contribution >= 0.6 is 0 Å². The first kappa shape index (κ1) is 20.0. The van der Waals surface area contributed by atoms with Crippen molar-refractivity contribution in [3.63, 3.8) is 0 Å². The molecule has 0 nitrogen and oxygen atoms in total. The first-order valence-corrected chi connectivity index (χ1v) is 10.7. The Labute approximate surface area is 163 Å². The van der Waals surface area contributed by atoms with E-state index in [0.29, 0.717) is 5.92 Å². The van der Waals surface area contributed by atoms with Crippen molar-refractivity contribution in [3.8, 4) is 11.1 Å². The molecule has 0 radical (unpaired) electrons. The van der Waals surface area contributed by atoms with Gasteiger partial charge in [0.05, 0.1) is 0 Å². The highest BCUT2D eigenvalue weighted by molar-refractivity contribution is 5.64. The van der Waals surface area contributed by atoms with Crippen molar-refractivity contribution in [2.45, 2.75) is 77.1 Å². The summed E-state index contributed by atoms with van der Waals surface area (Å²) in [4.78, 5) is 0. The second-order valence-electron chi connectivity index (χ2n) is 8.11. The maximum Gasteiger partial charge on any atom is 0.263 e. The first-order valence-electron chi connectivity index (χ1n) is 10.7. The third kappa shape index (κ3) is 5.64. The topological polar surface area (TPSA) is 0 Å². The average molecular weight is 371 g/mol. The summed E-state index contributed by atoms with van der Waals surface area (Å²) in [6.07, 6.45) is 9.87. The summed E-state index contributed by atoms with van der Waals surface area (Å²) >= 11 is 0. The molecule has 2 heteroatoms. The van der Waals surface area contributed by atoms with Crippen molar-refractivity contribution in [1.29, 1.82) is 0 Å². The van der Waals surface area contributed by atoms with Crippen LogP contribution < -0.4 is 0 Å². The van der Waals surface area contributed by atoms with Gasteiger partial charge in [0.1, 0.15) is 0 Å². The Morgan fingerprint density at radius 3 is 1.93 bits per heavy atom. The molecule has 0 amide bonds. The molecule has 0 saturated heterocycles. The zero-order valence-corrected chi connectivity index (χ0v) is 16.5. The van der Waals surface area contributed by atoms with Crippen LogP contribution in [0.4, 0.5) is 8.78 Å². The Balaban J connectivity index is 1.52. The number of hydrogen-bond donors (Lipinski definition) is 0. The van der Waals surface area contributed by atoms with Crippen molar-refractivity contribution in [2.75, 3.05) is 0 Å². The van der Waals surface area contributed by atoms with Crippen LogP contribution in [0.5, 0.6) is 0 Å². The third-order valence-corrected chi connectivity index (χ3v) is 6.19. The molecule has 0 atom stereocenters. The molecule has 27 heavy (non-hydrogen) atoms. The van der Waals surface area contributed by atoms with E-state index < -0.39 is 6.43 Å². The molecule has 0 unspecified atom stereocenters. The van der Waals surface area contributed by atoms with Crippen LogP contribution in [-0.4, -0.2) is 0 Å². The highest BCUT2D eigenvalue weighted by Gasteiger charge is 2.22. The van der Waals surface area contributed by atoms with Crippen LogP contribution in [0.1, 0.15) is 88.2 Å². The van der Waals surface area contributed by atoms with Crippen molar-refractivity contribution in [2.24, 2.45) is 5.92 Å². The van der Waals surface area contributed by atoms with E-state index in [1.165, 1.54) is 75.5 Å². The molecule has 1 aliphatic carbocycles. The Kier molecular flexibility index (Phi) is 7.43. The number of halogens is 2. The lowest BCUT2D eigenvalue weighted by molar-refractivity contribution is 0.151. The Hall–Kier alpha value is -1.70. The number of benzene rings is 2. The van der Waals surface area contributed by atoms with Gasteiger partial charge in [-0.15, -0.1) is 0 Å². The fraction of sp³-hybridized carbons (Fsp3) is 0.520. The number of rotatable bonds is 8. The van der Waals surface area contributed by atoms with E-state index in [1.54, 1.807) is 12.1 Å². The Morgan fingerprint density at radius 1 is 0.778 bits per heavy atom. The van der Waals surface area contributed by atoms with Gasteiger partial charge in [0.15, 0.2) is 0 Å². The molecule has 3 rings (SSSR count). The van der Waals surface area contributed by atoms with Gasteiger partial charge >= 0.3 is 0 Å². The Morgan fingerprint density at radius 2 is 1.37 bits per heavy atom. The van der Waals surface area contributed by atoms with E-state index in [0.717, 1.165) is 17.0 Å². The van der Waals surface area contributed by atoms with E-state index >= 15 is 0 Å². The predicted molar refractivity (Wildman–Crippen MR) is 110 cm³/mol. The molecule has 1 saturated carbocycles. The summed E-state index contributed by atoms with van der Waals surface area (Å²) in [5.41, 5.74) is 3.63. The molecule has 1 aliphatic rings. The quantitative estimate of drug-likeness (QED) is 0.408. The largest absolute Gasteiger partial charge is 0.263 e. The molecule has 2 aromatic carbocycles. The highest BCUT2D eigenvalue weighted by Crippen LogP contribution is 2.38. The minimum atomic E-state index is -2.40. The molecule has 0 aromatic heterocycles. The summed E-state index contributed by atoms with van der Waals surface area (Å²) < 4.78 is 25.4. The lowest BCUT2D eigenvalue weighted by atomic mass is 9.77. The lowest BCUT2D eigenvalue weighted by Gasteiger charge is -2.29. The van der Waals surface area contributed by atoms with Gasteiger partial charge in [-0.3, -0.25) is 0 Å². The van der Waals surface area contributed by atoms with Gasteiger partial charge in [-0.25, -0.2) is 8.78 Å². The molecule has 0 N–H and O–H groups in total. The smallest absolute Gasteiger partial charge is 0.205 e. The molecule has 0 spiro atoms. The molecular weight excluding hydrogens is 338 g/mol. The van der Waals surface area contributed by atoms with E-state index in [1.807, 2.05) is 0 Å². The SMILES string of the molecule is CCCCCCC1CCC(c2ccc(-c3ccc(C(F)F)cc3)cc2)CC1. The van der Waals surface area contributed by atoms with Gasteiger partial charge in [0.25, 0.3) is 6.43 Å². The number of unbranched alkanes of at least 4 members (excludes halogenated alkanes) is 3. The van der Waals surface area contributed by atoms with Gasteiger partial charge in [0, 0.05) is 5.56 Å². The fourth-order valence-corrected chi connectivity index (χ4v) is 4.41. The minimum absolute atomic E-state index is 0.0850. The van der Waals surface area contributed by atoms with Crippen LogP contribution in [0.15, 0.2) is 48.5 Å². The van der Waals surface area contributed by atoms with Gasteiger partial charge in [-0.2, -0.15) is 0 Å². The van der Waals surface area contributed by atoms with Crippen molar-refractivity contribution in [1.82, 2.24) is 0 Å². The highest BCUT2D eigenvalue weighted by atomic mass is 19.3. The van der Waals surface area contributed by atoms with Crippen LogP contribution in [0, 0.1) is 5.92 Å². The van der Waals surface area contributed by atoms with E-state index in [9.17, 15) is 8.78 Å². The molecule has 0 aliphatic heterocycles. The van der Waals surface area contributed by atoms with Crippen LogP contribution in [0.25, 0.3) is 11.1 Å². The van der Waals surface area contributed by atoms with Crippen molar-refractivity contribution >= 4 is 0 Å². The minimum Gasteiger partial charge on any atom is -0.205 e. The van der Waals surface area contributed by atoms with Gasteiger partial charge < -0.3 is 0 Å². The molecule has 1 fully saturated rings. The molecular formula is C25H32F2. The Bertz CT molecular complexity index is 664. The summed E-state index contributed by atoms with van der Waals surface area (Å²) in [5, 5.41) is 0. The summed E-state index contributed by atoms with van der Waals surface area (Å²) in [6, 6.07) is 15.4. The maximum atomic E-state index is 12.7. The number of hydrogen-bond acceptors (Lipinski definition) is 0. The van der Waals surface area contributed by atoms with E-state index in [4.69, 9.17) is 0 Å². The molecule has 146 valence electrons. The van der Waals surface area contributed by atoms with Crippen LogP contribution in [0.2, 0.25) is 0 Å². The van der Waals surface area contributed by atoms with Gasteiger partial charge in [-0.1, -0.05) is 87.6 Å². The normalized spacial score (nSPS) is 20.1. The van der Waals surface area contributed by atoms with Crippen LogP contribution in [0.3, 0.4) is 0 Å². The summed E-state index contributed by atoms with van der Waals surface area (Å²) in [6.45, 7) is 2.27. The van der Waals surface area contributed by atoms with Gasteiger partial charge in [-0.05, 0) is 54.2 Å². The van der Waals surface area contributed by atoms with Gasteiger partial charge in [0.2, 0.25) is 0 Å². The van der Waals surface area contributed by atoms with E-state index in [-0.39, 0.29) is 5.56 Å². The lowest BCUT2D eigenvalue weighted by Crippen LogP contribution is -2.13. The first-order chi connectivity index (χ1) is 13.2. The predicted octanol–water partition coefficient (Wildman–Crippen LogP) is 8.54. The summed E-state index contributed by atoms with van der Waals surface area (Å²) in [7, 11) is 0. The van der Waals surface area contributed by atoms with Crippen LogP contribution in [-0.2, 0) is 0 Å². The second kappa shape index (κ2) is 10.0. The zero-order valence-electron chi connectivity index (χ0n) is 16.5. The third-order valence-electron chi connectivity index (χ3n) is 6.19. The second-order valence-corrected chi connectivity index (χ2v) is 8.11. The fourth-order valence-electron chi connectivity index (χ4n) is 4.41. The monoisotopic (exact) mass is 370 g/mol. The maximum absolute atomic E-state index is 12.7. The molecule has 0 bridgehead atoms. The van der Waals surface area contributed by atoms with Crippen molar-refractivity contribution in [3.05, 3.63) is 59.7 Å². The number of alkyl halides is 2. The van der Waals surface area contributed by atoms with E-state index in [2.05, 4.69) is 31.2 Å². The molecule has 0 heterocycles.